The molecule has 0 unspecified atom stereocenters. The number of aromatic nitrogens is 4. The van der Waals surface area contributed by atoms with Crippen molar-refractivity contribution in [1.82, 2.24) is 24.7 Å². The fourth-order valence-electron chi connectivity index (χ4n) is 3.59. The number of benzene rings is 1. The van der Waals surface area contributed by atoms with Crippen LogP contribution < -0.4 is 9.64 Å². The lowest BCUT2D eigenvalue weighted by atomic mass is 10.2. The molecule has 10 heteroatoms. The van der Waals surface area contributed by atoms with Crippen LogP contribution in [0.25, 0.3) is 5.65 Å². The smallest absolute Gasteiger partial charge is 0.453 e. The molecule has 0 aliphatic carbocycles. The van der Waals surface area contributed by atoms with Crippen molar-refractivity contribution in [2.75, 3.05) is 37.7 Å². The highest BCUT2D eigenvalue weighted by Crippen LogP contribution is 2.28. The molecule has 1 saturated heterocycles. The topological polar surface area (TPSA) is 58.8 Å². The van der Waals surface area contributed by atoms with Gasteiger partial charge in [0.2, 0.25) is 0 Å². The number of nitrogens with zero attached hydrogens (tertiary/aromatic N) is 6. The molecule has 4 rings (SSSR count). The molecule has 3 aromatic rings. The van der Waals surface area contributed by atoms with Gasteiger partial charge in [-0.3, -0.25) is 4.90 Å². The summed E-state index contributed by atoms with van der Waals surface area (Å²) in [5, 5.41) is 10.9. The Labute approximate surface area is 178 Å². The number of rotatable bonds is 7. The van der Waals surface area contributed by atoms with Crippen LogP contribution >= 0.6 is 0 Å². The average molecular weight is 434 g/mol. The van der Waals surface area contributed by atoms with Gasteiger partial charge in [-0.05, 0) is 36.2 Å². The van der Waals surface area contributed by atoms with Gasteiger partial charge in [0.05, 0.1) is 6.61 Å². The molecule has 0 spiro atoms. The van der Waals surface area contributed by atoms with Gasteiger partial charge in [-0.1, -0.05) is 25.5 Å². The maximum Gasteiger partial charge on any atom is 0.453 e. The number of halogens is 3. The Morgan fingerprint density at radius 1 is 1.03 bits per heavy atom. The molecule has 0 amide bonds. The number of unbranched alkanes of at least 4 members (excludes halogenated alkanes) is 1. The Morgan fingerprint density at radius 3 is 2.58 bits per heavy atom. The van der Waals surface area contributed by atoms with Gasteiger partial charge >= 0.3 is 6.18 Å². The molecule has 0 saturated carbocycles. The summed E-state index contributed by atoms with van der Waals surface area (Å²) in [6.07, 6.45) is -2.47. The number of alkyl halides is 3. The minimum atomic E-state index is -4.60. The van der Waals surface area contributed by atoms with E-state index in [4.69, 9.17) is 4.74 Å². The van der Waals surface area contributed by atoms with Crippen LogP contribution in [-0.2, 0) is 12.7 Å². The molecule has 0 bridgehead atoms. The second kappa shape index (κ2) is 9.09. The van der Waals surface area contributed by atoms with E-state index in [1.807, 2.05) is 17.0 Å². The number of hydrogen-bond acceptors (Lipinski definition) is 6. The highest BCUT2D eigenvalue weighted by molar-refractivity contribution is 5.46. The van der Waals surface area contributed by atoms with Crippen molar-refractivity contribution in [2.45, 2.75) is 32.5 Å². The van der Waals surface area contributed by atoms with Crippen LogP contribution in [0.2, 0.25) is 0 Å². The van der Waals surface area contributed by atoms with Crippen molar-refractivity contribution < 1.29 is 17.9 Å². The first-order valence-electron chi connectivity index (χ1n) is 10.4. The molecule has 7 nitrogen and oxygen atoms in total. The molecule has 1 aliphatic heterocycles. The first kappa shape index (κ1) is 21.4. The summed E-state index contributed by atoms with van der Waals surface area (Å²) in [6.45, 7) is 6.58. The molecule has 2 aromatic heterocycles. The minimum Gasteiger partial charge on any atom is -0.494 e. The lowest BCUT2D eigenvalue weighted by Gasteiger charge is -2.35. The third-order valence-corrected chi connectivity index (χ3v) is 5.27. The molecular weight excluding hydrogens is 409 g/mol. The molecule has 0 atom stereocenters. The van der Waals surface area contributed by atoms with Crippen LogP contribution in [0.4, 0.5) is 19.0 Å². The standard InChI is InChI=1S/C21H25F3N6O/c1-2-3-13-31-17-6-4-5-16(14-17)15-28-9-11-29(12-10-28)19-8-7-18-25-26-20(21(22,23)24)30(18)27-19/h4-8,14H,2-3,9-13,15H2,1H3. The van der Waals surface area contributed by atoms with E-state index in [1.165, 1.54) is 11.6 Å². The predicted octanol–water partition coefficient (Wildman–Crippen LogP) is 3.64. The summed E-state index contributed by atoms with van der Waals surface area (Å²) in [4.78, 5) is 4.31. The summed E-state index contributed by atoms with van der Waals surface area (Å²) in [6, 6.07) is 11.3. The van der Waals surface area contributed by atoms with Crippen LogP contribution in [0.5, 0.6) is 5.75 Å². The summed E-state index contributed by atoms with van der Waals surface area (Å²) in [7, 11) is 0. The highest BCUT2D eigenvalue weighted by Gasteiger charge is 2.37. The summed E-state index contributed by atoms with van der Waals surface area (Å²) >= 11 is 0. The van der Waals surface area contributed by atoms with Crippen molar-refractivity contribution in [1.29, 1.82) is 0 Å². The second-order valence-corrected chi connectivity index (χ2v) is 7.60. The van der Waals surface area contributed by atoms with Gasteiger partial charge in [0.15, 0.2) is 5.65 Å². The minimum absolute atomic E-state index is 0.0794. The van der Waals surface area contributed by atoms with Gasteiger partial charge in [-0.25, -0.2) is 0 Å². The number of anilines is 1. The van der Waals surface area contributed by atoms with Crippen molar-refractivity contribution in [3.05, 3.63) is 47.8 Å². The van der Waals surface area contributed by atoms with Crippen molar-refractivity contribution >= 4 is 11.5 Å². The summed E-state index contributed by atoms with van der Waals surface area (Å²) in [5.74, 6) is 0.268. The van der Waals surface area contributed by atoms with Gasteiger partial charge in [0.1, 0.15) is 11.6 Å². The first-order valence-corrected chi connectivity index (χ1v) is 10.4. The molecule has 0 radical (unpaired) electrons. The van der Waals surface area contributed by atoms with Crippen LogP contribution in [-0.4, -0.2) is 57.5 Å². The zero-order chi connectivity index (χ0) is 21.8. The second-order valence-electron chi connectivity index (χ2n) is 7.60. The van der Waals surface area contributed by atoms with Gasteiger partial charge in [-0.2, -0.15) is 17.7 Å². The Bertz CT molecular complexity index is 1010. The van der Waals surface area contributed by atoms with E-state index in [2.05, 4.69) is 39.3 Å². The Balaban J connectivity index is 1.37. The molecular formula is C21H25F3N6O. The van der Waals surface area contributed by atoms with Crippen molar-refractivity contribution in [3.63, 3.8) is 0 Å². The fourth-order valence-corrected chi connectivity index (χ4v) is 3.59. The van der Waals surface area contributed by atoms with Gasteiger partial charge in [0, 0.05) is 32.7 Å². The normalized spacial score (nSPS) is 15.5. The fraction of sp³-hybridized carbons (Fsp3) is 0.476. The van der Waals surface area contributed by atoms with Gasteiger partial charge in [-0.15, -0.1) is 15.3 Å². The van der Waals surface area contributed by atoms with Crippen LogP contribution in [0.3, 0.4) is 0 Å². The average Bonchev–Trinajstić information content (AvgIpc) is 3.19. The molecule has 166 valence electrons. The third kappa shape index (κ3) is 5.07. The zero-order valence-corrected chi connectivity index (χ0v) is 17.3. The van der Waals surface area contributed by atoms with Gasteiger partial charge < -0.3 is 9.64 Å². The predicted molar refractivity (Wildman–Crippen MR) is 110 cm³/mol. The van der Waals surface area contributed by atoms with Crippen LogP contribution in [0.1, 0.15) is 31.2 Å². The van der Waals surface area contributed by atoms with E-state index >= 15 is 0 Å². The van der Waals surface area contributed by atoms with Crippen molar-refractivity contribution in [3.8, 4) is 5.75 Å². The Kier molecular flexibility index (Phi) is 6.26. The van der Waals surface area contributed by atoms with E-state index in [0.717, 1.165) is 49.3 Å². The largest absolute Gasteiger partial charge is 0.494 e. The number of piperazine rings is 1. The first-order chi connectivity index (χ1) is 14.9. The van der Waals surface area contributed by atoms with E-state index in [-0.39, 0.29) is 5.65 Å². The molecule has 3 heterocycles. The van der Waals surface area contributed by atoms with E-state index in [1.54, 1.807) is 6.07 Å². The summed E-state index contributed by atoms with van der Waals surface area (Å²) < 4.78 is 45.9. The molecule has 1 aliphatic rings. The van der Waals surface area contributed by atoms with Crippen molar-refractivity contribution in [2.24, 2.45) is 0 Å². The lowest BCUT2D eigenvalue weighted by molar-refractivity contribution is -0.146. The van der Waals surface area contributed by atoms with Crippen LogP contribution in [0.15, 0.2) is 36.4 Å². The Morgan fingerprint density at radius 2 is 1.84 bits per heavy atom. The monoisotopic (exact) mass is 434 g/mol. The maximum atomic E-state index is 13.1. The zero-order valence-electron chi connectivity index (χ0n) is 17.3. The van der Waals surface area contributed by atoms with E-state index < -0.39 is 12.0 Å². The highest BCUT2D eigenvalue weighted by atomic mass is 19.4. The number of hydrogen-bond donors (Lipinski definition) is 0. The maximum absolute atomic E-state index is 13.1. The van der Waals surface area contributed by atoms with Crippen LogP contribution in [0, 0.1) is 0 Å². The molecule has 0 N–H and O–H groups in total. The SMILES string of the molecule is CCCCOc1cccc(CN2CCN(c3ccc4nnc(C(F)(F)F)n4n3)CC2)c1. The third-order valence-electron chi connectivity index (χ3n) is 5.27. The lowest BCUT2D eigenvalue weighted by Crippen LogP contribution is -2.46. The number of ether oxygens (including phenoxy) is 1. The van der Waals surface area contributed by atoms with Gasteiger partial charge in [0.25, 0.3) is 5.82 Å². The van der Waals surface area contributed by atoms with E-state index in [9.17, 15) is 13.2 Å². The molecule has 1 aromatic carbocycles. The molecule has 31 heavy (non-hydrogen) atoms. The quantitative estimate of drug-likeness (QED) is 0.529. The van der Waals surface area contributed by atoms with E-state index in [0.29, 0.717) is 18.9 Å². The summed E-state index contributed by atoms with van der Waals surface area (Å²) in [5.41, 5.74) is 1.26. The Hall–Kier alpha value is -2.88. The number of fused-ring (bicyclic) bond motifs is 1. The molecule has 1 fully saturated rings.